The molecule has 8 heteroatoms. The maximum atomic E-state index is 10.6. The largest absolute Gasteiger partial charge is 0.477 e. The van der Waals surface area contributed by atoms with Crippen LogP contribution >= 0.6 is 11.3 Å². The normalized spacial score (nSPS) is 19.7. The summed E-state index contributed by atoms with van der Waals surface area (Å²) in [5, 5.41) is 14.7. The van der Waals surface area contributed by atoms with Crippen molar-refractivity contribution in [2.75, 3.05) is 25.1 Å². The van der Waals surface area contributed by atoms with E-state index in [0.717, 1.165) is 65.6 Å². The Morgan fingerprint density at radius 1 is 1.29 bits per heavy atom. The zero-order chi connectivity index (χ0) is 21.3. The first-order valence-corrected chi connectivity index (χ1v) is 11.5. The summed E-state index contributed by atoms with van der Waals surface area (Å²) in [6, 6.07) is 8.00. The van der Waals surface area contributed by atoms with E-state index < -0.39 is 5.60 Å². The van der Waals surface area contributed by atoms with Crippen LogP contribution in [0.3, 0.4) is 0 Å². The lowest BCUT2D eigenvalue weighted by Gasteiger charge is -2.34. The Hall–Kier alpha value is -2.55. The van der Waals surface area contributed by atoms with Gasteiger partial charge >= 0.3 is 0 Å². The van der Waals surface area contributed by atoms with Gasteiger partial charge in [-0.25, -0.2) is 9.97 Å². The topological polar surface area (TPSA) is 89.4 Å². The van der Waals surface area contributed by atoms with Crippen molar-refractivity contribution in [3.8, 4) is 16.3 Å². The van der Waals surface area contributed by atoms with Gasteiger partial charge < -0.3 is 19.9 Å². The summed E-state index contributed by atoms with van der Waals surface area (Å²) < 4.78 is 11.2. The zero-order valence-electron chi connectivity index (χ0n) is 17.5. The average Bonchev–Trinajstić information content (AvgIpc) is 3.43. The van der Waals surface area contributed by atoms with Gasteiger partial charge in [-0.3, -0.25) is 0 Å². The number of nitrogens with one attached hydrogen (secondary N) is 1. The first-order valence-electron chi connectivity index (χ1n) is 10.7. The third-order valence-electron chi connectivity index (χ3n) is 5.82. The smallest absolute Gasteiger partial charge is 0.230 e. The maximum absolute atomic E-state index is 10.6. The summed E-state index contributed by atoms with van der Waals surface area (Å²) in [7, 11) is 0. The molecular weight excluding hydrogens is 412 g/mol. The number of aryl methyl sites for hydroxylation is 1. The van der Waals surface area contributed by atoms with Gasteiger partial charge in [-0.15, -0.1) is 11.3 Å². The molecule has 0 spiro atoms. The highest BCUT2D eigenvalue weighted by atomic mass is 32.1. The molecule has 1 saturated heterocycles. The van der Waals surface area contributed by atoms with Crippen LogP contribution in [-0.2, 0) is 10.3 Å². The molecule has 0 amide bonds. The fourth-order valence-electron chi connectivity index (χ4n) is 3.88. The molecule has 7 nitrogen and oxygen atoms in total. The van der Waals surface area contributed by atoms with Gasteiger partial charge in [0, 0.05) is 36.7 Å². The molecule has 2 N–H and O–H groups in total. The molecule has 1 aliphatic carbocycles. The number of benzene rings is 1. The number of rotatable bonds is 7. The minimum Gasteiger partial charge on any atom is -0.477 e. The van der Waals surface area contributed by atoms with Gasteiger partial charge in [0.15, 0.2) is 0 Å². The molecule has 1 aromatic carbocycles. The Morgan fingerprint density at radius 3 is 2.97 bits per heavy atom. The van der Waals surface area contributed by atoms with Gasteiger partial charge in [0.05, 0.1) is 18.1 Å². The van der Waals surface area contributed by atoms with Gasteiger partial charge in [-0.2, -0.15) is 4.98 Å². The van der Waals surface area contributed by atoms with E-state index in [1.54, 1.807) is 23.6 Å². The summed E-state index contributed by atoms with van der Waals surface area (Å²) in [4.78, 5) is 14.4. The Morgan fingerprint density at radius 2 is 2.19 bits per heavy atom. The standard InChI is InChI=1S/C23H26N4O3S/c1-15-9-17(19-12-25-21(31-19)23(28)5-2-6-23)11-18(10-15)26-22-24-7-3-20(27-22)30-14-16-4-8-29-13-16/h3,7,9-12,16,28H,2,4-6,8,13-14H2,1H3,(H,24,26,27). The summed E-state index contributed by atoms with van der Waals surface area (Å²) in [6.07, 6.45) is 7.22. The van der Waals surface area contributed by atoms with Crippen molar-refractivity contribution in [3.05, 3.63) is 47.2 Å². The van der Waals surface area contributed by atoms with Crippen molar-refractivity contribution in [2.24, 2.45) is 5.92 Å². The van der Waals surface area contributed by atoms with E-state index in [2.05, 4.69) is 45.4 Å². The van der Waals surface area contributed by atoms with E-state index in [1.165, 1.54) is 0 Å². The fourth-order valence-corrected chi connectivity index (χ4v) is 4.92. The lowest BCUT2D eigenvalue weighted by atomic mass is 9.81. The van der Waals surface area contributed by atoms with Gasteiger partial charge in [0.25, 0.3) is 0 Å². The minimum absolute atomic E-state index is 0.424. The predicted molar refractivity (Wildman–Crippen MR) is 120 cm³/mol. The zero-order valence-corrected chi connectivity index (χ0v) is 18.3. The van der Waals surface area contributed by atoms with E-state index in [1.807, 2.05) is 6.20 Å². The number of hydrogen-bond acceptors (Lipinski definition) is 8. The Labute approximate surface area is 185 Å². The second-order valence-corrected chi connectivity index (χ2v) is 9.42. The highest BCUT2D eigenvalue weighted by molar-refractivity contribution is 7.15. The number of aromatic nitrogens is 3. The average molecular weight is 439 g/mol. The first-order chi connectivity index (χ1) is 15.1. The summed E-state index contributed by atoms with van der Waals surface area (Å²) >= 11 is 1.56. The number of nitrogens with zero attached hydrogens (tertiary/aromatic N) is 3. The van der Waals surface area contributed by atoms with E-state index in [9.17, 15) is 5.11 Å². The van der Waals surface area contributed by atoms with Gasteiger partial charge in [-0.1, -0.05) is 6.07 Å². The molecule has 1 saturated carbocycles. The molecule has 162 valence electrons. The van der Waals surface area contributed by atoms with Crippen LogP contribution in [0.4, 0.5) is 11.6 Å². The summed E-state index contributed by atoms with van der Waals surface area (Å²) in [6.45, 7) is 4.21. The second-order valence-electron chi connectivity index (χ2n) is 8.39. The molecule has 2 aliphatic rings. The van der Waals surface area contributed by atoms with Crippen LogP contribution in [0.1, 0.15) is 36.3 Å². The number of thiazole rings is 1. The van der Waals surface area contributed by atoms with Crippen molar-refractivity contribution in [3.63, 3.8) is 0 Å². The third-order valence-corrected chi connectivity index (χ3v) is 7.06. The van der Waals surface area contributed by atoms with Crippen LogP contribution in [0.25, 0.3) is 10.4 Å². The number of aliphatic hydroxyl groups is 1. The summed E-state index contributed by atoms with van der Waals surface area (Å²) in [5.41, 5.74) is 2.34. The van der Waals surface area contributed by atoms with Crippen molar-refractivity contribution in [1.29, 1.82) is 0 Å². The molecule has 2 fully saturated rings. The molecule has 0 radical (unpaired) electrons. The fraction of sp³-hybridized carbons (Fsp3) is 0.435. The molecule has 3 aromatic rings. The number of hydrogen-bond donors (Lipinski definition) is 2. The van der Waals surface area contributed by atoms with E-state index in [4.69, 9.17) is 9.47 Å². The van der Waals surface area contributed by atoms with Crippen LogP contribution in [0.5, 0.6) is 5.88 Å². The lowest BCUT2D eigenvalue weighted by Crippen LogP contribution is -2.33. The Bertz CT molecular complexity index is 1060. The first kappa shape index (κ1) is 20.4. The van der Waals surface area contributed by atoms with Crippen LogP contribution in [0, 0.1) is 12.8 Å². The quantitative estimate of drug-likeness (QED) is 0.564. The molecule has 1 aliphatic heterocycles. The molecule has 1 unspecified atom stereocenters. The van der Waals surface area contributed by atoms with Crippen molar-refractivity contribution >= 4 is 23.0 Å². The molecule has 31 heavy (non-hydrogen) atoms. The van der Waals surface area contributed by atoms with Crippen molar-refractivity contribution in [1.82, 2.24) is 15.0 Å². The molecule has 2 aromatic heterocycles. The molecule has 0 bridgehead atoms. The van der Waals surface area contributed by atoms with E-state index in [0.29, 0.717) is 24.4 Å². The Kier molecular flexibility index (Phi) is 5.60. The molecule has 1 atom stereocenters. The summed E-state index contributed by atoms with van der Waals surface area (Å²) in [5.74, 6) is 1.47. The van der Waals surface area contributed by atoms with Gasteiger partial charge in [0.1, 0.15) is 10.6 Å². The van der Waals surface area contributed by atoms with Crippen LogP contribution < -0.4 is 10.1 Å². The molecule has 3 heterocycles. The van der Waals surface area contributed by atoms with Crippen LogP contribution in [0.15, 0.2) is 36.7 Å². The van der Waals surface area contributed by atoms with Crippen molar-refractivity contribution < 1.29 is 14.6 Å². The third kappa shape index (κ3) is 4.56. The highest BCUT2D eigenvalue weighted by Gasteiger charge is 2.39. The van der Waals surface area contributed by atoms with Crippen LogP contribution in [0.2, 0.25) is 0 Å². The van der Waals surface area contributed by atoms with E-state index in [-0.39, 0.29) is 0 Å². The highest BCUT2D eigenvalue weighted by Crippen LogP contribution is 2.44. The van der Waals surface area contributed by atoms with Crippen LogP contribution in [-0.4, -0.2) is 39.9 Å². The second kappa shape index (κ2) is 8.53. The minimum atomic E-state index is -0.729. The Balaban J connectivity index is 1.31. The molecule has 5 rings (SSSR count). The lowest BCUT2D eigenvalue weighted by molar-refractivity contribution is -0.0389. The predicted octanol–water partition coefficient (Wildman–Crippen LogP) is 4.44. The van der Waals surface area contributed by atoms with Gasteiger partial charge in [0.2, 0.25) is 11.8 Å². The van der Waals surface area contributed by atoms with Crippen molar-refractivity contribution in [2.45, 2.75) is 38.2 Å². The van der Waals surface area contributed by atoms with E-state index >= 15 is 0 Å². The SMILES string of the molecule is Cc1cc(Nc2nccc(OCC3CCOC3)n2)cc(-c2cnc(C3(O)CCC3)s2)c1. The van der Waals surface area contributed by atoms with Gasteiger partial charge in [-0.05, 0) is 55.9 Å². The molecular formula is C23H26N4O3S. The maximum Gasteiger partial charge on any atom is 0.230 e. The monoisotopic (exact) mass is 438 g/mol. The number of anilines is 2. The number of ether oxygens (including phenoxy) is 2.